The van der Waals surface area contributed by atoms with Gasteiger partial charge >= 0.3 is 0 Å². The minimum atomic E-state index is -0.354. The Morgan fingerprint density at radius 3 is 2.79 bits per heavy atom. The summed E-state index contributed by atoms with van der Waals surface area (Å²) in [7, 11) is 1.62. The lowest BCUT2D eigenvalue weighted by Crippen LogP contribution is -2.04. The van der Waals surface area contributed by atoms with Gasteiger partial charge < -0.3 is 4.74 Å². The van der Waals surface area contributed by atoms with Gasteiger partial charge in [0, 0.05) is 24.0 Å². The van der Waals surface area contributed by atoms with Gasteiger partial charge in [0.2, 0.25) is 0 Å². The van der Waals surface area contributed by atoms with Crippen LogP contribution < -0.4 is 4.74 Å². The van der Waals surface area contributed by atoms with E-state index in [1.165, 1.54) is 36.0 Å². The van der Waals surface area contributed by atoms with Crippen LogP contribution in [0.3, 0.4) is 0 Å². The zero-order chi connectivity index (χ0) is 16.9. The van der Waals surface area contributed by atoms with E-state index in [2.05, 4.69) is 4.98 Å². The minimum absolute atomic E-state index is 0.0693. The molecule has 0 aliphatic heterocycles. The molecule has 0 amide bonds. The molecule has 1 aromatic heterocycles. The van der Waals surface area contributed by atoms with Crippen LogP contribution in [0, 0.1) is 5.82 Å². The maximum Gasteiger partial charge on any atom is 0.173 e. The van der Waals surface area contributed by atoms with Crippen molar-refractivity contribution >= 4 is 17.5 Å². The van der Waals surface area contributed by atoms with E-state index in [0.29, 0.717) is 10.7 Å². The number of halogens is 1. The van der Waals surface area contributed by atoms with Crippen LogP contribution in [0.25, 0.3) is 5.69 Å². The Morgan fingerprint density at radius 2 is 2.04 bits per heavy atom. The lowest BCUT2D eigenvalue weighted by molar-refractivity contribution is 0.102. The second-order valence-electron chi connectivity index (χ2n) is 5.00. The summed E-state index contributed by atoms with van der Waals surface area (Å²) in [4.78, 5) is 16.5. The number of carbonyl (C=O) groups excluding carboxylic acids is 1. The molecule has 0 aliphatic carbocycles. The average Bonchev–Trinajstić information content (AvgIpc) is 3.09. The maximum atomic E-state index is 12.9. The van der Waals surface area contributed by atoms with Crippen LogP contribution in [0.2, 0.25) is 0 Å². The highest BCUT2D eigenvalue weighted by Crippen LogP contribution is 2.23. The zero-order valence-corrected chi connectivity index (χ0v) is 13.8. The first-order chi connectivity index (χ1) is 11.7. The van der Waals surface area contributed by atoms with Crippen LogP contribution in [0.5, 0.6) is 5.75 Å². The van der Waals surface area contributed by atoms with Crippen molar-refractivity contribution in [1.29, 1.82) is 0 Å². The Kier molecular flexibility index (Phi) is 4.96. The summed E-state index contributed by atoms with van der Waals surface area (Å²) in [5.74, 6) is 0.555. The number of methoxy groups -OCH3 is 1. The summed E-state index contributed by atoms with van der Waals surface area (Å²) in [6, 6.07) is 13.2. The van der Waals surface area contributed by atoms with Gasteiger partial charge in [-0.2, -0.15) is 0 Å². The molecule has 0 bridgehead atoms. The molecule has 1 heterocycles. The van der Waals surface area contributed by atoms with Crippen molar-refractivity contribution in [3.63, 3.8) is 0 Å². The van der Waals surface area contributed by atoms with Crippen molar-refractivity contribution in [2.45, 2.75) is 5.16 Å². The molecule has 0 radical (unpaired) electrons. The normalized spacial score (nSPS) is 10.6. The molecule has 0 N–H and O–H groups in total. The van der Waals surface area contributed by atoms with Crippen molar-refractivity contribution in [3.05, 3.63) is 72.3 Å². The van der Waals surface area contributed by atoms with E-state index in [4.69, 9.17) is 4.74 Å². The van der Waals surface area contributed by atoms with E-state index >= 15 is 0 Å². The van der Waals surface area contributed by atoms with Crippen LogP contribution in [0.1, 0.15) is 10.4 Å². The number of benzene rings is 2. The van der Waals surface area contributed by atoms with Crippen molar-refractivity contribution < 1.29 is 13.9 Å². The Morgan fingerprint density at radius 1 is 1.25 bits per heavy atom. The molecule has 0 spiro atoms. The maximum absolute atomic E-state index is 12.9. The van der Waals surface area contributed by atoms with Crippen LogP contribution in [0.15, 0.2) is 66.1 Å². The van der Waals surface area contributed by atoms with Crippen LogP contribution in [0.4, 0.5) is 4.39 Å². The van der Waals surface area contributed by atoms with E-state index in [1.54, 1.807) is 13.3 Å². The highest BCUT2D eigenvalue weighted by molar-refractivity contribution is 7.99. The minimum Gasteiger partial charge on any atom is -0.497 e. The molecule has 4 nitrogen and oxygen atoms in total. The molecular weight excluding hydrogens is 327 g/mol. The Hall–Kier alpha value is -2.60. The molecule has 0 aliphatic rings. The quantitative estimate of drug-likeness (QED) is 0.502. The second kappa shape index (κ2) is 7.31. The molecule has 3 aromatic rings. The largest absolute Gasteiger partial charge is 0.497 e. The second-order valence-corrected chi connectivity index (χ2v) is 5.94. The summed E-state index contributed by atoms with van der Waals surface area (Å²) in [5.41, 5.74) is 1.40. The molecular formula is C18H15FN2O2S. The van der Waals surface area contributed by atoms with Crippen LogP contribution in [-0.4, -0.2) is 28.2 Å². The topological polar surface area (TPSA) is 44.1 Å². The van der Waals surface area contributed by atoms with Gasteiger partial charge in [-0.05, 0) is 36.4 Å². The number of rotatable bonds is 6. The van der Waals surface area contributed by atoms with Gasteiger partial charge in [-0.3, -0.25) is 9.36 Å². The molecule has 6 heteroatoms. The molecule has 3 rings (SSSR count). The Labute approximate surface area is 143 Å². The fourth-order valence-electron chi connectivity index (χ4n) is 2.20. The molecule has 2 aromatic carbocycles. The van der Waals surface area contributed by atoms with Crippen LogP contribution in [-0.2, 0) is 0 Å². The van der Waals surface area contributed by atoms with Gasteiger partial charge in [-0.1, -0.05) is 17.8 Å². The first-order valence-corrected chi connectivity index (χ1v) is 8.25. The first-order valence-electron chi connectivity index (χ1n) is 7.27. The van der Waals surface area contributed by atoms with Gasteiger partial charge in [0.25, 0.3) is 0 Å². The predicted octanol–water partition coefficient (Wildman–Crippen LogP) is 4.00. The smallest absolute Gasteiger partial charge is 0.173 e. The first kappa shape index (κ1) is 16.3. The lowest BCUT2D eigenvalue weighted by Gasteiger charge is -2.09. The monoisotopic (exact) mass is 342 g/mol. The van der Waals surface area contributed by atoms with Gasteiger partial charge in [0.05, 0.1) is 18.6 Å². The predicted molar refractivity (Wildman–Crippen MR) is 91.6 cm³/mol. The summed E-state index contributed by atoms with van der Waals surface area (Å²) in [6.45, 7) is 0. The van der Waals surface area contributed by atoms with Gasteiger partial charge in [-0.25, -0.2) is 9.37 Å². The molecule has 0 fully saturated rings. The lowest BCUT2D eigenvalue weighted by atomic mass is 10.1. The van der Waals surface area contributed by atoms with E-state index in [9.17, 15) is 9.18 Å². The highest BCUT2D eigenvalue weighted by atomic mass is 32.2. The standard InChI is InChI=1S/C18H15FN2O2S/c1-23-16-4-2-3-15(11-16)21-10-9-20-18(21)24-12-17(22)13-5-7-14(19)8-6-13/h2-11H,12H2,1H3. The highest BCUT2D eigenvalue weighted by Gasteiger charge is 2.11. The number of hydrogen-bond donors (Lipinski definition) is 0. The Balaban J connectivity index is 1.74. The third-order valence-electron chi connectivity index (χ3n) is 3.44. The third-order valence-corrected chi connectivity index (χ3v) is 4.40. The number of ether oxygens (including phenoxy) is 1. The summed E-state index contributed by atoms with van der Waals surface area (Å²) in [5, 5.41) is 0.707. The molecule has 0 unspecified atom stereocenters. The number of nitrogens with zero attached hydrogens (tertiary/aromatic N) is 2. The molecule has 24 heavy (non-hydrogen) atoms. The van der Waals surface area contributed by atoms with E-state index < -0.39 is 0 Å². The molecule has 0 saturated carbocycles. The van der Waals surface area contributed by atoms with Gasteiger partial charge in [0.1, 0.15) is 11.6 Å². The van der Waals surface area contributed by atoms with Gasteiger partial charge in [-0.15, -0.1) is 0 Å². The summed E-state index contributed by atoms with van der Waals surface area (Å²) >= 11 is 1.34. The fraction of sp³-hybridized carbons (Fsp3) is 0.111. The van der Waals surface area contributed by atoms with E-state index in [1.807, 2.05) is 35.0 Å². The number of ketones is 1. The molecule has 122 valence electrons. The van der Waals surface area contributed by atoms with Crippen molar-refractivity contribution in [3.8, 4) is 11.4 Å². The van der Waals surface area contributed by atoms with Gasteiger partial charge in [0.15, 0.2) is 10.9 Å². The zero-order valence-electron chi connectivity index (χ0n) is 13.0. The number of hydrogen-bond acceptors (Lipinski definition) is 4. The summed E-state index contributed by atoms with van der Waals surface area (Å²) < 4.78 is 20.0. The summed E-state index contributed by atoms with van der Waals surface area (Å²) in [6.07, 6.45) is 3.52. The van der Waals surface area contributed by atoms with Crippen molar-refractivity contribution in [2.75, 3.05) is 12.9 Å². The number of carbonyl (C=O) groups is 1. The number of thioether (sulfide) groups is 1. The molecule has 0 saturated heterocycles. The fourth-order valence-corrected chi connectivity index (χ4v) is 3.07. The average molecular weight is 342 g/mol. The molecule has 0 atom stereocenters. The van der Waals surface area contributed by atoms with Crippen molar-refractivity contribution in [1.82, 2.24) is 9.55 Å². The number of imidazole rings is 1. The third kappa shape index (κ3) is 3.65. The van der Waals surface area contributed by atoms with Crippen molar-refractivity contribution in [2.24, 2.45) is 0 Å². The number of Topliss-reactive ketones (excluding diaryl/α,β-unsaturated/α-hetero) is 1. The SMILES string of the molecule is COc1cccc(-n2ccnc2SCC(=O)c2ccc(F)cc2)c1. The van der Waals surface area contributed by atoms with E-state index in [0.717, 1.165) is 11.4 Å². The number of aromatic nitrogens is 2. The van der Waals surface area contributed by atoms with Crippen LogP contribution >= 0.6 is 11.8 Å². The van der Waals surface area contributed by atoms with E-state index in [-0.39, 0.29) is 17.4 Å². The Bertz CT molecular complexity index is 846.